The summed E-state index contributed by atoms with van der Waals surface area (Å²) in [4.78, 5) is 11.3. The third-order valence-electron chi connectivity index (χ3n) is 1.75. The van der Waals surface area contributed by atoms with Crippen molar-refractivity contribution in [2.75, 3.05) is 18.4 Å². The predicted octanol–water partition coefficient (Wildman–Crippen LogP) is 1.81. The lowest BCUT2D eigenvalue weighted by Gasteiger charge is -2.06. The molecule has 82 valence electrons. The van der Waals surface area contributed by atoms with E-state index in [9.17, 15) is 4.79 Å². The topological polar surface area (TPSA) is 67.1 Å². The number of rotatable bonds is 4. The zero-order valence-electron chi connectivity index (χ0n) is 8.29. The Kier molecular flexibility index (Phi) is 4.93. The Hall–Kier alpha value is -1.26. The van der Waals surface area contributed by atoms with E-state index in [1.807, 2.05) is 0 Å². The van der Waals surface area contributed by atoms with Crippen molar-refractivity contribution in [2.24, 2.45) is 5.73 Å². The number of nitrogens with one attached hydrogen (secondary N) is 2. The summed E-state index contributed by atoms with van der Waals surface area (Å²) in [6, 6.07) is 6.74. The van der Waals surface area contributed by atoms with Crippen molar-refractivity contribution in [1.29, 1.82) is 0 Å². The molecule has 0 aliphatic heterocycles. The average Bonchev–Trinajstić information content (AvgIpc) is 2.18. The Morgan fingerprint density at radius 2 is 2.27 bits per heavy atom. The Labute approximate surface area is 93.8 Å². The second-order valence-corrected chi connectivity index (χ2v) is 3.47. The molecule has 15 heavy (non-hydrogen) atoms. The quantitative estimate of drug-likeness (QED) is 0.687. The molecule has 0 spiro atoms. The number of anilines is 1. The number of nitrogens with two attached hydrogens (primary N) is 1. The molecule has 0 bridgehead atoms. The van der Waals surface area contributed by atoms with Gasteiger partial charge in [0, 0.05) is 17.3 Å². The Morgan fingerprint density at radius 3 is 2.93 bits per heavy atom. The zero-order chi connectivity index (χ0) is 11.1. The van der Waals surface area contributed by atoms with Gasteiger partial charge < -0.3 is 16.4 Å². The lowest BCUT2D eigenvalue weighted by molar-refractivity contribution is 0.252. The van der Waals surface area contributed by atoms with Crippen molar-refractivity contribution in [1.82, 2.24) is 5.32 Å². The molecule has 2 amide bonds. The summed E-state index contributed by atoms with van der Waals surface area (Å²) < 4.78 is 0. The van der Waals surface area contributed by atoms with Crippen LogP contribution < -0.4 is 16.4 Å². The zero-order valence-corrected chi connectivity index (χ0v) is 9.05. The fraction of sp³-hybridized carbons (Fsp3) is 0.300. The van der Waals surface area contributed by atoms with Crippen LogP contribution in [-0.2, 0) is 0 Å². The minimum Gasteiger partial charge on any atom is -0.338 e. The first-order valence-corrected chi connectivity index (χ1v) is 5.10. The SMILES string of the molecule is NCCCNC(=O)Nc1cccc(Cl)c1. The number of carbonyl (C=O) groups excluding carboxylic acids is 1. The van der Waals surface area contributed by atoms with E-state index in [1.54, 1.807) is 24.3 Å². The van der Waals surface area contributed by atoms with E-state index < -0.39 is 0 Å². The molecular formula is C10H14ClN3O. The van der Waals surface area contributed by atoms with Gasteiger partial charge in [-0.3, -0.25) is 0 Å². The largest absolute Gasteiger partial charge is 0.338 e. The van der Waals surface area contributed by atoms with E-state index in [2.05, 4.69) is 10.6 Å². The molecule has 0 saturated heterocycles. The minimum absolute atomic E-state index is 0.245. The predicted molar refractivity (Wildman–Crippen MR) is 62.1 cm³/mol. The van der Waals surface area contributed by atoms with Gasteiger partial charge in [0.1, 0.15) is 0 Å². The summed E-state index contributed by atoms with van der Waals surface area (Å²) in [6.45, 7) is 1.14. The highest BCUT2D eigenvalue weighted by atomic mass is 35.5. The van der Waals surface area contributed by atoms with Crippen molar-refractivity contribution in [3.8, 4) is 0 Å². The highest BCUT2D eigenvalue weighted by molar-refractivity contribution is 6.30. The molecule has 0 heterocycles. The van der Waals surface area contributed by atoms with Gasteiger partial charge >= 0.3 is 6.03 Å². The molecule has 0 fully saturated rings. The van der Waals surface area contributed by atoms with Gasteiger partial charge in [-0.05, 0) is 31.2 Å². The molecule has 1 aromatic carbocycles. The molecule has 1 aromatic rings. The molecule has 0 unspecified atom stereocenters. The number of amides is 2. The summed E-state index contributed by atoms with van der Waals surface area (Å²) >= 11 is 5.77. The maximum Gasteiger partial charge on any atom is 0.319 e. The van der Waals surface area contributed by atoms with Gasteiger partial charge in [0.05, 0.1) is 0 Å². The summed E-state index contributed by atoms with van der Waals surface area (Å²) in [7, 11) is 0. The van der Waals surface area contributed by atoms with Crippen molar-refractivity contribution in [3.63, 3.8) is 0 Å². The van der Waals surface area contributed by atoms with E-state index in [0.717, 1.165) is 6.42 Å². The van der Waals surface area contributed by atoms with E-state index in [1.165, 1.54) is 0 Å². The molecule has 4 N–H and O–H groups in total. The summed E-state index contributed by atoms with van der Waals surface area (Å²) in [5.74, 6) is 0. The van der Waals surface area contributed by atoms with Crippen molar-refractivity contribution in [3.05, 3.63) is 29.3 Å². The van der Waals surface area contributed by atoms with E-state index >= 15 is 0 Å². The van der Waals surface area contributed by atoms with Crippen LogP contribution in [0.5, 0.6) is 0 Å². The maximum atomic E-state index is 11.3. The van der Waals surface area contributed by atoms with Crippen LogP contribution >= 0.6 is 11.6 Å². The first kappa shape index (κ1) is 11.8. The standard InChI is InChI=1S/C10H14ClN3O/c11-8-3-1-4-9(7-8)14-10(15)13-6-2-5-12/h1,3-4,7H,2,5-6,12H2,(H2,13,14,15). The van der Waals surface area contributed by atoms with Gasteiger partial charge in [0.2, 0.25) is 0 Å². The van der Waals surface area contributed by atoms with Crippen molar-refractivity contribution < 1.29 is 4.79 Å². The Balaban J connectivity index is 2.37. The lowest BCUT2D eigenvalue weighted by Crippen LogP contribution is -2.30. The Morgan fingerprint density at radius 1 is 1.47 bits per heavy atom. The molecule has 1 rings (SSSR count). The fourth-order valence-electron chi connectivity index (χ4n) is 1.05. The van der Waals surface area contributed by atoms with Gasteiger partial charge in [0.25, 0.3) is 0 Å². The second kappa shape index (κ2) is 6.27. The van der Waals surface area contributed by atoms with Gasteiger partial charge in [0.15, 0.2) is 0 Å². The Bertz CT molecular complexity index is 330. The summed E-state index contributed by atoms with van der Waals surface area (Å²) in [5, 5.41) is 5.94. The van der Waals surface area contributed by atoms with Crippen LogP contribution in [0.2, 0.25) is 5.02 Å². The minimum atomic E-state index is -0.245. The molecule has 4 nitrogen and oxygen atoms in total. The first-order chi connectivity index (χ1) is 7.22. The third-order valence-corrected chi connectivity index (χ3v) is 1.98. The van der Waals surface area contributed by atoms with Crippen molar-refractivity contribution in [2.45, 2.75) is 6.42 Å². The molecule has 0 radical (unpaired) electrons. The molecule has 0 aromatic heterocycles. The average molecular weight is 228 g/mol. The van der Waals surface area contributed by atoms with Gasteiger partial charge in [-0.15, -0.1) is 0 Å². The fourth-order valence-corrected chi connectivity index (χ4v) is 1.24. The smallest absolute Gasteiger partial charge is 0.319 e. The molecule has 0 saturated carbocycles. The normalized spacial score (nSPS) is 9.73. The van der Waals surface area contributed by atoms with Crippen LogP contribution in [0.3, 0.4) is 0 Å². The monoisotopic (exact) mass is 227 g/mol. The van der Waals surface area contributed by atoms with E-state index in [4.69, 9.17) is 17.3 Å². The van der Waals surface area contributed by atoms with Gasteiger partial charge in [-0.1, -0.05) is 17.7 Å². The molecule has 0 atom stereocenters. The summed E-state index contributed by atoms with van der Waals surface area (Å²) in [6.07, 6.45) is 0.767. The van der Waals surface area contributed by atoms with Crippen LogP contribution in [0.1, 0.15) is 6.42 Å². The van der Waals surface area contributed by atoms with E-state index in [0.29, 0.717) is 23.8 Å². The second-order valence-electron chi connectivity index (χ2n) is 3.03. The third kappa shape index (κ3) is 4.67. The number of hydrogen-bond donors (Lipinski definition) is 3. The van der Waals surface area contributed by atoms with Crippen LogP contribution in [0.4, 0.5) is 10.5 Å². The molecule has 5 heteroatoms. The van der Waals surface area contributed by atoms with Crippen LogP contribution in [-0.4, -0.2) is 19.1 Å². The number of benzene rings is 1. The van der Waals surface area contributed by atoms with Gasteiger partial charge in [-0.2, -0.15) is 0 Å². The maximum absolute atomic E-state index is 11.3. The summed E-state index contributed by atoms with van der Waals surface area (Å²) in [5.41, 5.74) is 5.97. The van der Waals surface area contributed by atoms with Crippen LogP contribution in [0, 0.1) is 0 Å². The lowest BCUT2D eigenvalue weighted by atomic mass is 10.3. The molecular weight excluding hydrogens is 214 g/mol. The highest BCUT2D eigenvalue weighted by Crippen LogP contribution is 2.14. The van der Waals surface area contributed by atoms with Crippen LogP contribution in [0.15, 0.2) is 24.3 Å². The van der Waals surface area contributed by atoms with E-state index in [-0.39, 0.29) is 6.03 Å². The van der Waals surface area contributed by atoms with Gasteiger partial charge in [-0.25, -0.2) is 4.79 Å². The number of hydrogen-bond acceptors (Lipinski definition) is 2. The first-order valence-electron chi connectivity index (χ1n) is 4.73. The molecule has 0 aliphatic rings. The number of carbonyl (C=O) groups is 1. The number of halogens is 1. The van der Waals surface area contributed by atoms with Crippen molar-refractivity contribution >= 4 is 23.3 Å². The molecule has 0 aliphatic carbocycles. The highest BCUT2D eigenvalue weighted by Gasteiger charge is 2.00. The van der Waals surface area contributed by atoms with Crippen LogP contribution in [0.25, 0.3) is 0 Å². The number of urea groups is 1.